The molecule has 0 aliphatic rings. The van der Waals surface area contributed by atoms with E-state index in [1.807, 2.05) is 0 Å². The molecule has 0 N–H and O–H groups in total. The van der Waals surface area contributed by atoms with Gasteiger partial charge in [-0.15, -0.1) is 0 Å². The first-order valence-electron chi connectivity index (χ1n) is 7.57. The highest BCUT2D eigenvalue weighted by Gasteiger charge is 2.19. The van der Waals surface area contributed by atoms with E-state index in [2.05, 4.69) is 58.0 Å². The predicted molar refractivity (Wildman–Crippen MR) is 88.0 cm³/mol. The topological polar surface area (TPSA) is 0 Å². The summed E-state index contributed by atoms with van der Waals surface area (Å²) in [6, 6.07) is 11.1. The third-order valence-corrected chi connectivity index (χ3v) is 7.06. The summed E-state index contributed by atoms with van der Waals surface area (Å²) < 4.78 is 0. The Kier molecular flexibility index (Phi) is 4.88. The average molecular weight is 272 g/mol. The first-order valence-corrected chi connectivity index (χ1v) is 8.92. The van der Waals surface area contributed by atoms with Crippen LogP contribution in [-0.2, 0) is 25.7 Å². The molecule has 0 saturated heterocycles. The molecule has 1 heterocycles. The second kappa shape index (κ2) is 6.44. The first-order chi connectivity index (χ1) is 9.28. The van der Waals surface area contributed by atoms with Crippen LogP contribution in [0.5, 0.6) is 0 Å². The number of rotatable bonds is 5. The molecule has 1 heteroatoms. The summed E-state index contributed by atoms with van der Waals surface area (Å²) in [6.45, 7) is 9.29. The van der Waals surface area contributed by atoms with Gasteiger partial charge >= 0.3 is 0 Å². The molecule has 0 saturated carbocycles. The molecule has 0 atom stereocenters. The molecular formula is C18H25P. The molecular weight excluding hydrogens is 247 g/mol. The van der Waals surface area contributed by atoms with Crippen LogP contribution in [0.3, 0.4) is 0 Å². The zero-order valence-corrected chi connectivity index (χ0v) is 13.6. The summed E-state index contributed by atoms with van der Waals surface area (Å²) in [7, 11) is -0.198. The minimum absolute atomic E-state index is 0.198. The summed E-state index contributed by atoms with van der Waals surface area (Å²) in [5.41, 5.74) is 3.36. The van der Waals surface area contributed by atoms with E-state index in [1.54, 1.807) is 27.0 Å². The van der Waals surface area contributed by atoms with E-state index in [-0.39, 0.29) is 7.53 Å². The second-order valence-corrected chi connectivity index (χ2v) is 7.20. The Morgan fingerprint density at radius 3 is 1.53 bits per heavy atom. The van der Waals surface area contributed by atoms with Gasteiger partial charge in [0.05, 0.1) is 0 Å². The fourth-order valence-electron chi connectivity index (χ4n) is 3.25. The highest BCUT2D eigenvalue weighted by molar-refractivity contribution is 7.58. The Bertz CT molecular complexity index is 505. The Morgan fingerprint density at radius 1 is 0.684 bits per heavy atom. The molecule has 0 spiro atoms. The molecule has 2 aromatic rings. The number of hydrogen-bond acceptors (Lipinski definition) is 0. The highest BCUT2D eigenvalue weighted by atomic mass is 31.1. The zero-order valence-electron chi connectivity index (χ0n) is 12.7. The van der Waals surface area contributed by atoms with Gasteiger partial charge in [-0.2, -0.15) is 0 Å². The second-order valence-electron chi connectivity index (χ2n) is 4.94. The van der Waals surface area contributed by atoms with Crippen LogP contribution in [0.25, 0.3) is 5.30 Å². The van der Waals surface area contributed by atoms with Crippen LogP contribution in [0, 0.1) is 0 Å². The van der Waals surface area contributed by atoms with E-state index in [9.17, 15) is 0 Å². The summed E-state index contributed by atoms with van der Waals surface area (Å²) in [5.74, 6) is 0. The molecule has 0 aliphatic carbocycles. The van der Waals surface area contributed by atoms with Crippen LogP contribution in [0.4, 0.5) is 0 Å². The highest BCUT2D eigenvalue weighted by Crippen LogP contribution is 2.53. The van der Waals surface area contributed by atoms with E-state index >= 15 is 0 Å². The van der Waals surface area contributed by atoms with Crippen molar-refractivity contribution in [2.75, 3.05) is 0 Å². The average Bonchev–Trinajstić information content (AvgIpc) is 2.80. The maximum Gasteiger partial charge on any atom is -0.00166 e. The lowest BCUT2D eigenvalue weighted by atomic mass is 10.0. The number of hydrogen-bond donors (Lipinski definition) is 0. The standard InChI is InChI=1S/C18H25P/c1-5-15-16(6-2)18(8-4)19(17(15)7-3)14-12-10-9-11-13-14/h9-13H,5-8H2,1-4H3. The Hall–Kier alpha value is -1.00. The Balaban J connectivity index is 2.74. The van der Waals surface area contributed by atoms with Crippen LogP contribution in [0.2, 0.25) is 0 Å². The van der Waals surface area contributed by atoms with Crippen molar-refractivity contribution in [3.63, 3.8) is 0 Å². The smallest absolute Gasteiger partial charge is 0.00166 e. The van der Waals surface area contributed by atoms with Crippen molar-refractivity contribution in [3.05, 3.63) is 52.0 Å². The Labute approximate surface area is 118 Å². The van der Waals surface area contributed by atoms with E-state index in [0.717, 1.165) is 0 Å². The van der Waals surface area contributed by atoms with Gasteiger partial charge < -0.3 is 0 Å². The molecule has 1 aromatic carbocycles. The quantitative estimate of drug-likeness (QED) is 0.634. The predicted octanol–water partition coefficient (Wildman–Crippen LogP) is 5.91. The fraction of sp³-hybridized carbons (Fsp3) is 0.444. The van der Waals surface area contributed by atoms with E-state index < -0.39 is 0 Å². The summed E-state index contributed by atoms with van der Waals surface area (Å²) in [4.78, 5) is 0. The van der Waals surface area contributed by atoms with Gasteiger partial charge in [-0.05, 0) is 52.7 Å². The molecule has 1 aromatic heterocycles. The normalized spacial score (nSPS) is 10.9. The van der Waals surface area contributed by atoms with Crippen molar-refractivity contribution in [1.82, 2.24) is 0 Å². The van der Waals surface area contributed by atoms with Crippen molar-refractivity contribution in [1.29, 1.82) is 0 Å². The van der Waals surface area contributed by atoms with Gasteiger partial charge in [0.25, 0.3) is 0 Å². The molecule has 0 amide bonds. The first kappa shape index (κ1) is 14.4. The molecule has 0 bridgehead atoms. The minimum atomic E-state index is -0.198. The zero-order chi connectivity index (χ0) is 13.8. The SMILES string of the molecule is CCc1c(CC)c(CC)p(-c2ccccc2)c1CC. The van der Waals surface area contributed by atoms with Crippen molar-refractivity contribution < 1.29 is 0 Å². The van der Waals surface area contributed by atoms with Gasteiger partial charge in [-0.1, -0.05) is 65.6 Å². The maximum atomic E-state index is 2.33. The van der Waals surface area contributed by atoms with Crippen LogP contribution >= 0.6 is 7.53 Å². The monoisotopic (exact) mass is 272 g/mol. The third-order valence-electron chi connectivity index (χ3n) is 3.99. The van der Waals surface area contributed by atoms with Crippen LogP contribution in [0.15, 0.2) is 30.3 Å². The third kappa shape index (κ3) is 2.51. The lowest BCUT2D eigenvalue weighted by Gasteiger charge is -2.08. The molecule has 19 heavy (non-hydrogen) atoms. The van der Waals surface area contributed by atoms with Crippen molar-refractivity contribution >= 4 is 7.53 Å². The van der Waals surface area contributed by atoms with Gasteiger partial charge in [-0.3, -0.25) is 0 Å². The van der Waals surface area contributed by atoms with E-state index in [4.69, 9.17) is 0 Å². The molecule has 2 rings (SSSR count). The van der Waals surface area contributed by atoms with Crippen molar-refractivity contribution in [2.45, 2.75) is 53.4 Å². The lowest BCUT2D eigenvalue weighted by molar-refractivity contribution is 0.992. The van der Waals surface area contributed by atoms with Gasteiger partial charge in [-0.25, -0.2) is 0 Å². The largest absolute Gasteiger partial charge is 0.0863 e. The van der Waals surface area contributed by atoms with Crippen LogP contribution in [-0.4, -0.2) is 0 Å². The maximum absolute atomic E-state index is 2.33. The summed E-state index contributed by atoms with van der Waals surface area (Å²) >= 11 is 0. The van der Waals surface area contributed by atoms with Crippen molar-refractivity contribution in [2.24, 2.45) is 0 Å². The van der Waals surface area contributed by atoms with Gasteiger partial charge in [0, 0.05) is 0 Å². The molecule has 102 valence electrons. The molecule has 0 unspecified atom stereocenters. The van der Waals surface area contributed by atoms with Crippen molar-refractivity contribution in [3.8, 4) is 5.30 Å². The van der Waals surface area contributed by atoms with Crippen LogP contribution < -0.4 is 0 Å². The fourth-order valence-corrected chi connectivity index (χ4v) is 6.43. The molecule has 0 nitrogen and oxygen atoms in total. The van der Waals surface area contributed by atoms with Gasteiger partial charge in [0.1, 0.15) is 0 Å². The van der Waals surface area contributed by atoms with E-state index in [0.29, 0.717) is 0 Å². The Morgan fingerprint density at radius 2 is 1.16 bits per heavy atom. The molecule has 0 fully saturated rings. The van der Waals surface area contributed by atoms with E-state index in [1.165, 1.54) is 25.7 Å². The molecule has 0 radical (unpaired) electrons. The summed E-state index contributed by atoms with van der Waals surface area (Å²) in [6.07, 6.45) is 4.80. The van der Waals surface area contributed by atoms with Crippen LogP contribution in [0.1, 0.15) is 49.4 Å². The van der Waals surface area contributed by atoms with Gasteiger partial charge in [0.2, 0.25) is 0 Å². The number of benzene rings is 1. The minimum Gasteiger partial charge on any atom is -0.0863 e. The summed E-state index contributed by atoms with van der Waals surface area (Å²) in [5, 5.41) is 5.01. The lowest BCUT2D eigenvalue weighted by Crippen LogP contribution is -1.91. The molecule has 0 aliphatic heterocycles. The van der Waals surface area contributed by atoms with Gasteiger partial charge in [0.15, 0.2) is 0 Å².